The van der Waals surface area contributed by atoms with E-state index in [4.69, 9.17) is 15.6 Å². The minimum atomic E-state index is -2.59. The van der Waals surface area contributed by atoms with E-state index in [-0.39, 0.29) is 5.75 Å². The average Bonchev–Trinajstić information content (AvgIpc) is 2.45. The van der Waals surface area contributed by atoms with E-state index in [9.17, 15) is 4.21 Å². The van der Waals surface area contributed by atoms with Crippen LogP contribution in [0, 0.1) is 0 Å². The van der Waals surface area contributed by atoms with Gasteiger partial charge in [-0.1, -0.05) is 41.6 Å². The van der Waals surface area contributed by atoms with Gasteiger partial charge in [0.1, 0.15) is 5.15 Å². The summed E-state index contributed by atoms with van der Waals surface area (Å²) in [5.74, 6) is 0.247. The highest BCUT2D eigenvalue weighted by atomic mass is 35.5. The first-order valence-electron chi connectivity index (χ1n) is 7.10. The Balaban J connectivity index is 2.55. The van der Waals surface area contributed by atoms with Crippen molar-refractivity contribution >= 4 is 41.3 Å². The predicted octanol–water partition coefficient (Wildman–Crippen LogP) is 4.71. The molecular formula is C15H20ClN3OS2Si. The number of thioether (sulfide) groups is 1. The van der Waals surface area contributed by atoms with Gasteiger partial charge in [-0.3, -0.25) is 4.03 Å². The smallest absolute Gasteiger partial charge is 0.188 e. The lowest BCUT2D eigenvalue weighted by molar-refractivity contribution is 0.675. The Kier molecular flexibility index (Phi) is 5.88. The zero-order valence-electron chi connectivity index (χ0n) is 13.6. The summed E-state index contributed by atoms with van der Waals surface area (Å²) in [5, 5.41) is 0.942. The molecule has 124 valence electrons. The van der Waals surface area contributed by atoms with Gasteiger partial charge in [0.05, 0.1) is 21.2 Å². The highest BCUT2D eigenvalue weighted by molar-refractivity contribution is 7.98. The molecule has 1 aromatic carbocycles. The maximum atomic E-state index is 13.6. The van der Waals surface area contributed by atoms with Crippen molar-refractivity contribution in [2.45, 2.75) is 35.4 Å². The number of rotatable bonds is 5. The molecule has 8 heteroatoms. The molecule has 0 fully saturated rings. The molecule has 23 heavy (non-hydrogen) atoms. The van der Waals surface area contributed by atoms with Crippen molar-refractivity contribution in [2.75, 3.05) is 6.26 Å². The van der Waals surface area contributed by atoms with Gasteiger partial charge in [-0.25, -0.2) is 14.2 Å². The third kappa shape index (κ3) is 5.31. The molecule has 1 heterocycles. The number of halogens is 1. The quantitative estimate of drug-likeness (QED) is 0.323. The van der Waals surface area contributed by atoms with E-state index in [1.54, 1.807) is 6.07 Å². The molecule has 1 unspecified atom stereocenters. The van der Waals surface area contributed by atoms with Gasteiger partial charge in [-0.2, -0.15) is 0 Å². The summed E-state index contributed by atoms with van der Waals surface area (Å²) in [7, 11) is -4.49. The topological polar surface area (TPSA) is 55.2 Å². The Morgan fingerprint density at radius 2 is 1.87 bits per heavy atom. The van der Waals surface area contributed by atoms with Crippen LogP contribution in [0.1, 0.15) is 5.69 Å². The minimum absolute atomic E-state index is 0.247. The van der Waals surface area contributed by atoms with Crippen LogP contribution in [-0.2, 0) is 15.5 Å². The molecule has 1 atom stereocenters. The fourth-order valence-electron chi connectivity index (χ4n) is 2.05. The molecule has 0 N–H and O–H groups in total. The highest BCUT2D eigenvalue weighted by Gasteiger charge is 2.21. The monoisotopic (exact) mass is 385 g/mol. The van der Waals surface area contributed by atoms with E-state index in [2.05, 4.69) is 29.6 Å². The largest absolute Gasteiger partial charge is 0.274 e. The van der Waals surface area contributed by atoms with Gasteiger partial charge in [0.25, 0.3) is 0 Å². The summed E-state index contributed by atoms with van der Waals surface area (Å²) in [6.07, 6.45) is 1.89. The molecule has 0 radical (unpaired) electrons. The van der Waals surface area contributed by atoms with Crippen LogP contribution in [0.15, 0.2) is 50.5 Å². The van der Waals surface area contributed by atoms with Crippen LogP contribution < -0.4 is 0 Å². The van der Waals surface area contributed by atoms with Crippen LogP contribution in [0.5, 0.6) is 0 Å². The predicted molar refractivity (Wildman–Crippen MR) is 101 cm³/mol. The van der Waals surface area contributed by atoms with Gasteiger partial charge in [0.2, 0.25) is 0 Å². The molecule has 0 amide bonds. The van der Waals surface area contributed by atoms with E-state index in [0.717, 1.165) is 4.90 Å². The third-order valence-corrected chi connectivity index (χ3v) is 8.59. The summed E-state index contributed by atoms with van der Waals surface area (Å²) < 4.78 is 18.4. The Labute approximate surface area is 148 Å². The fourth-order valence-corrected chi connectivity index (χ4v) is 8.22. The van der Waals surface area contributed by atoms with Crippen molar-refractivity contribution in [3.8, 4) is 0 Å². The lowest BCUT2D eigenvalue weighted by Crippen LogP contribution is -2.21. The first-order chi connectivity index (χ1) is 10.7. The summed E-state index contributed by atoms with van der Waals surface area (Å²) in [6, 6.07) is 11.1. The van der Waals surface area contributed by atoms with E-state index >= 15 is 0 Å². The second-order valence-electron chi connectivity index (χ2n) is 6.03. The lowest BCUT2D eigenvalue weighted by Gasteiger charge is -2.17. The number of hydrogen-bond acceptors (Lipinski definition) is 5. The van der Waals surface area contributed by atoms with E-state index in [1.807, 2.05) is 36.6 Å². The summed E-state index contributed by atoms with van der Waals surface area (Å²) in [5.41, 5.74) is 0.658. The number of aromatic nitrogens is 2. The molecule has 0 aliphatic carbocycles. The molecule has 0 saturated carbocycles. The zero-order chi connectivity index (χ0) is 17.1. The number of benzene rings is 1. The molecule has 0 bridgehead atoms. The normalized spacial score (nSPS) is 14.3. The van der Waals surface area contributed by atoms with Crippen molar-refractivity contribution in [1.29, 1.82) is 0 Å². The number of nitrogens with zero attached hydrogens (tertiary/aromatic N) is 3. The Morgan fingerprint density at radius 1 is 1.22 bits per heavy atom. The van der Waals surface area contributed by atoms with E-state index in [0.29, 0.717) is 16.0 Å². The van der Waals surface area contributed by atoms with Crippen molar-refractivity contribution in [2.24, 2.45) is 4.03 Å². The Hall–Kier alpha value is -0.893. The number of hydrogen-bond donors (Lipinski definition) is 0. The van der Waals surface area contributed by atoms with Gasteiger partial charge in [0.15, 0.2) is 13.4 Å². The summed E-state index contributed by atoms with van der Waals surface area (Å²) in [4.78, 5) is 9.31. The maximum Gasteiger partial charge on any atom is 0.188 e. The van der Waals surface area contributed by atoms with E-state index < -0.39 is 18.0 Å². The molecule has 2 rings (SSSR count). The van der Waals surface area contributed by atoms with Gasteiger partial charge in [-0.05, 0) is 44.1 Å². The zero-order valence-corrected chi connectivity index (χ0v) is 17.0. The highest BCUT2D eigenvalue weighted by Crippen LogP contribution is 2.23. The molecule has 4 nitrogen and oxygen atoms in total. The van der Waals surface area contributed by atoms with Crippen LogP contribution in [0.2, 0.25) is 24.8 Å². The lowest BCUT2D eigenvalue weighted by atomic mass is 10.4. The van der Waals surface area contributed by atoms with Crippen LogP contribution in [0.4, 0.5) is 0 Å². The van der Waals surface area contributed by atoms with Gasteiger partial charge >= 0.3 is 0 Å². The second-order valence-corrected chi connectivity index (χ2v) is 14.3. The second kappa shape index (κ2) is 7.34. The standard InChI is InChI=1S/C15H20ClN3OS2Si/c1-21-15-17-12(10-14(16)18-15)11-22(20,19-23(2,3)4)13-8-6-5-7-9-13/h5-10H,11H2,1-4H3. The summed E-state index contributed by atoms with van der Waals surface area (Å²) in [6.45, 7) is 6.24. The Bertz CT molecular complexity index is 800. The van der Waals surface area contributed by atoms with Gasteiger partial charge < -0.3 is 0 Å². The first-order valence-corrected chi connectivity index (χ1v) is 13.8. The molecule has 0 aliphatic heterocycles. The van der Waals surface area contributed by atoms with Crippen LogP contribution in [0.25, 0.3) is 0 Å². The molecule has 1 aromatic heterocycles. The average molecular weight is 386 g/mol. The molecule has 0 spiro atoms. The molecule has 2 aromatic rings. The van der Waals surface area contributed by atoms with Crippen molar-refractivity contribution in [3.63, 3.8) is 0 Å². The van der Waals surface area contributed by atoms with Crippen molar-refractivity contribution < 1.29 is 4.21 Å². The van der Waals surface area contributed by atoms with Crippen LogP contribution in [-0.4, -0.2) is 28.7 Å². The minimum Gasteiger partial charge on any atom is -0.274 e. The van der Waals surface area contributed by atoms with E-state index in [1.165, 1.54) is 11.8 Å². The van der Waals surface area contributed by atoms with Crippen molar-refractivity contribution in [3.05, 3.63) is 47.2 Å². The third-order valence-electron chi connectivity index (χ3n) is 2.79. The molecule has 0 saturated heterocycles. The Morgan fingerprint density at radius 3 is 2.43 bits per heavy atom. The SMILES string of the molecule is CSc1nc(Cl)cc(CS(=O)(=N[Si](C)(C)C)c2ccccc2)n1. The van der Waals surface area contributed by atoms with Crippen LogP contribution in [0.3, 0.4) is 0 Å². The van der Waals surface area contributed by atoms with Crippen molar-refractivity contribution in [1.82, 2.24) is 9.97 Å². The molecular weight excluding hydrogens is 366 g/mol. The maximum absolute atomic E-state index is 13.6. The molecule has 0 aliphatic rings. The fraction of sp³-hybridized carbons (Fsp3) is 0.333. The van der Waals surface area contributed by atoms with Crippen LogP contribution >= 0.6 is 23.4 Å². The van der Waals surface area contributed by atoms with Gasteiger partial charge in [0, 0.05) is 4.90 Å². The first kappa shape index (κ1) is 18.4. The summed E-state index contributed by atoms with van der Waals surface area (Å²) >= 11 is 7.47. The van der Waals surface area contributed by atoms with Gasteiger partial charge in [-0.15, -0.1) is 0 Å².